The van der Waals surface area contributed by atoms with Gasteiger partial charge in [-0.05, 0) is 42.5 Å². The zero-order chi connectivity index (χ0) is 16.2. The molecule has 1 aromatic carbocycles. The van der Waals surface area contributed by atoms with Crippen molar-refractivity contribution in [1.82, 2.24) is 9.36 Å². The highest BCUT2D eigenvalue weighted by Gasteiger charge is 2.32. The SMILES string of the molecule is CCCOc1cc(-c2nc(C3COB(O)C3)ns2)ccc1OC. The third kappa shape index (κ3) is 3.65. The van der Waals surface area contributed by atoms with Crippen LogP contribution < -0.4 is 9.47 Å². The Morgan fingerprint density at radius 2 is 2.30 bits per heavy atom. The van der Waals surface area contributed by atoms with E-state index < -0.39 is 7.12 Å². The maximum absolute atomic E-state index is 9.46. The summed E-state index contributed by atoms with van der Waals surface area (Å²) in [5.74, 6) is 2.21. The Balaban J connectivity index is 1.82. The van der Waals surface area contributed by atoms with Crippen molar-refractivity contribution in [2.75, 3.05) is 20.3 Å². The van der Waals surface area contributed by atoms with Gasteiger partial charge >= 0.3 is 7.12 Å². The van der Waals surface area contributed by atoms with Crippen LogP contribution in [-0.2, 0) is 4.65 Å². The Kier molecular flexibility index (Phi) is 5.14. The fraction of sp³-hybridized carbons (Fsp3) is 0.467. The van der Waals surface area contributed by atoms with Crippen LogP contribution in [0, 0.1) is 0 Å². The summed E-state index contributed by atoms with van der Waals surface area (Å²) in [6.07, 6.45) is 1.48. The number of ether oxygens (including phenoxy) is 2. The van der Waals surface area contributed by atoms with Crippen molar-refractivity contribution in [1.29, 1.82) is 0 Å². The van der Waals surface area contributed by atoms with Gasteiger partial charge in [-0.15, -0.1) is 0 Å². The molecule has 0 amide bonds. The third-order valence-electron chi connectivity index (χ3n) is 3.66. The smallest absolute Gasteiger partial charge is 0.454 e. The maximum atomic E-state index is 9.46. The zero-order valence-electron chi connectivity index (χ0n) is 13.2. The van der Waals surface area contributed by atoms with Crippen LogP contribution in [0.3, 0.4) is 0 Å². The average Bonchev–Trinajstić information content (AvgIpc) is 3.21. The molecule has 1 fully saturated rings. The minimum absolute atomic E-state index is 0.0593. The van der Waals surface area contributed by atoms with Gasteiger partial charge in [-0.2, -0.15) is 4.37 Å². The molecule has 1 saturated heterocycles. The first kappa shape index (κ1) is 16.2. The van der Waals surface area contributed by atoms with Crippen LogP contribution in [0.25, 0.3) is 10.6 Å². The van der Waals surface area contributed by atoms with Crippen molar-refractivity contribution in [3.05, 3.63) is 24.0 Å². The predicted octanol–water partition coefficient (Wildman–Crippen LogP) is 2.60. The minimum Gasteiger partial charge on any atom is -0.493 e. The van der Waals surface area contributed by atoms with Gasteiger partial charge in [0.2, 0.25) is 0 Å². The minimum atomic E-state index is -0.706. The lowest BCUT2D eigenvalue weighted by atomic mass is 9.82. The van der Waals surface area contributed by atoms with E-state index in [1.807, 2.05) is 18.2 Å². The van der Waals surface area contributed by atoms with E-state index in [0.29, 0.717) is 31.0 Å². The fourth-order valence-corrected chi connectivity index (χ4v) is 3.18. The maximum Gasteiger partial charge on any atom is 0.454 e. The Bertz CT molecular complexity index is 667. The van der Waals surface area contributed by atoms with Crippen molar-refractivity contribution in [3.63, 3.8) is 0 Å². The van der Waals surface area contributed by atoms with Gasteiger partial charge in [0.25, 0.3) is 0 Å². The van der Waals surface area contributed by atoms with Gasteiger partial charge in [-0.25, -0.2) is 4.98 Å². The second-order valence-electron chi connectivity index (χ2n) is 5.39. The molecule has 0 aliphatic carbocycles. The van der Waals surface area contributed by atoms with E-state index in [1.165, 1.54) is 11.5 Å². The molecule has 23 heavy (non-hydrogen) atoms. The molecule has 2 heterocycles. The van der Waals surface area contributed by atoms with Gasteiger partial charge in [0.1, 0.15) is 10.8 Å². The van der Waals surface area contributed by atoms with Crippen LogP contribution in [-0.4, -0.2) is 41.8 Å². The Morgan fingerprint density at radius 1 is 1.43 bits per heavy atom. The van der Waals surface area contributed by atoms with E-state index in [4.69, 9.17) is 14.1 Å². The lowest BCUT2D eigenvalue weighted by Gasteiger charge is -2.10. The molecule has 1 unspecified atom stereocenters. The first-order valence-corrected chi connectivity index (χ1v) is 8.43. The summed E-state index contributed by atoms with van der Waals surface area (Å²) in [7, 11) is 0.921. The molecule has 0 saturated carbocycles. The lowest BCUT2D eigenvalue weighted by molar-refractivity contribution is 0.290. The molecule has 1 atom stereocenters. The Morgan fingerprint density at radius 3 is 3.00 bits per heavy atom. The molecule has 1 aliphatic rings. The molecule has 1 aliphatic heterocycles. The summed E-state index contributed by atoms with van der Waals surface area (Å²) in [5.41, 5.74) is 0.945. The molecule has 2 aromatic rings. The average molecular weight is 334 g/mol. The van der Waals surface area contributed by atoms with Crippen molar-refractivity contribution in [2.45, 2.75) is 25.6 Å². The monoisotopic (exact) mass is 334 g/mol. The molecule has 0 spiro atoms. The van der Waals surface area contributed by atoms with Crippen molar-refractivity contribution in [3.8, 4) is 22.1 Å². The number of aromatic nitrogens is 2. The standard InChI is InChI=1S/C15H19BN2O4S/c1-3-6-21-13-7-10(4-5-12(13)20-2)15-17-14(18-23-15)11-8-16(19)22-9-11/h4-5,7,11,19H,3,6,8-9H2,1-2H3. The topological polar surface area (TPSA) is 73.7 Å². The molecular weight excluding hydrogens is 315 g/mol. The van der Waals surface area contributed by atoms with Gasteiger partial charge in [0, 0.05) is 18.1 Å². The molecule has 1 aromatic heterocycles. The molecule has 6 nitrogen and oxygen atoms in total. The molecule has 3 rings (SSSR count). The summed E-state index contributed by atoms with van der Waals surface area (Å²) in [4.78, 5) is 4.59. The number of benzene rings is 1. The van der Waals surface area contributed by atoms with Crippen molar-refractivity contribution >= 4 is 18.7 Å². The number of hydrogen-bond donors (Lipinski definition) is 1. The Labute approximate surface area is 139 Å². The molecular formula is C15H19BN2O4S. The lowest BCUT2D eigenvalue weighted by Crippen LogP contribution is -2.07. The quantitative estimate of drug-likeness (QED) is 0.819. The van der Waals surface area contributed by atoms with E-state index in [1.54, 1.807) is 7.11 Å². The van der Waals surface area contributed by atoms with E-state index in [0.717, 1.165) is 22.8 Å². The van der Waals surface area contributed by atoms with E-state index in [2.05, 4.69) is 16.3 Å². The van der Waals surface area contributed by atoms with E-state index in [9.17, 15) is 5.02 Å². The molecule has 122 valence electrons. The fourth-order valence-electron chi connectivity index (χ4n) is 2.44. The molecule has 0 radical (unpaired) electrons. The summed E-state index contributed by atoms with van der Waals surface area (Å²) in [6.45, 7) is 3.16. The predicted molar refractivity (Wildman–Crippen MR) is 89.2 cm³/mol. The highest BCUT2D eigenvalue weighted by Crippen LogP contribution is 2.35. The molecule has 0 bridgehead atoms. The first-order valence-electron chi connectivity index (χ1n) is 7.65. The first-order chi connectivity index (χ1) is 11.2. The van der Waals surface area contributed by atoms with Gasteiger partial charge in [-0.3, -0.25) is 0 Å². The normalized spacial score (nSPS) is 17.5. The van der Waals surface area contributed by atoms with E-state index in [-0.39, 0.29) is 5.92 Å². The van der Waals surface area contributed by atoms with Crippen LogP contribution in [0.1, 0.15) is 25.1 Å². The number of hydrogen-bond acceptors (Lipinski definition) is 7. The summed E-state index contributed by atoms with van der Waals surface area (Å²) in [5, 5.41) is 10.3. The number of rotatable bonds is 6. The van der Waals surface area contributed by atoms with Gasteiger partial charge < -0.3 is 19.2 Å². The second-order valence-corrected chi connectivity index (χ2v) is 6.14. The summed E-state index contributed by atoms with van der Waals surface area (Å²) < 4.78 is 20.7. The van der Waals surface area contributed by atoms with Crippen molar-refractivity contribution < 1.29 is 19.2 Å². The van der Waals surface area contributed by atoms with Crippen LogP contribution in [0.5, 0.6) is 11.5 Å². The van der Waals surface area contributed by atoms with Crippen LogP contribution >= 0.6 is 11.5 Å². The zero-order valence-corrected chi connectivity index (χ0v) is 14.0. The van der Waals surface area contributed by atoms with Crippen LogP contribution in [0.15, 0.2) is 18.2 Å². The van der Waals surface area contributed by atoms with Crippen LogP contribution in [0.4, 0.5) is 0 Å². The largest absolute Gasteiger partial charge is 0.493 e. The summed E-state index contributed by atoms with van der Waals surface area (Å²) >= 11 is 1.34. The van der Waals surface area contributed by atoms with Gasteiger partial charge in [0.05, 0.1) is 13.7 Å². The highest BCUT2D eigenvalue weighted by atomic mass is 32.1. The molecule has 1 N–H and O–H groups in total. The van der Waals surface area contributed by atoms with E-state index >= 15 is 0 Å². The highest BCUT2D eigenvalue weighted by molar-refractivity contribution is 7.09. The van der Waals surface area contributed by atoms with Gasteiger partial charge in [0.15, 0.2) is 11.5 Å². The van der Waals surface area contributed by atoms with Crippen LogP contribution in [0.2, 0.25) is 6.32 Å². The van der Waals surface area contributed by atoms with Crippen molar-refractivity contribution in [2.24, 2.45) is 0 Å². The number of methoxy groups -OCH3 is 1. The Hall–Kier alpha value is -1.64. The van der Waals surface area contributed by atoms with Gasteiger partial charge in [-0.1, -0.05) is 6.92 Å². The second kappa shape index (κ2) is 7.29. The summed E-state index contributed by atoms with van der Waals surface area (Å²) in [6, 6.07) is 5.75. The third-order valence-corrected chi connectivity index (χ3v) is 4.43. The number of nitrogens with zero attached hydrogens (tertiary/aromatic N) is 2. The molecule has 8 heteroatoms.